The van der Waals surface area contributed by atoms with Crippen LogP contribution in [0.15, 0.2) is 24.3 Å². The lowest BCUT2D eigenvalue weighted by molar-refractivity contribution is -0.141. The minimum absolute atomic E-state index is 0.373. The molecule has 4 nitrogen and oxygen atoms in total. The van der Waals surface area contributed by atoms with Crippen molar-refractivity contribution in [1.29, 1.82) is 0 Å². The molecule has 0 bridgehead atoms. The van der Waals surface area contributed by atoms with Crippen LogP contribution in [0.5, 0.6) is 0 Å². The number of thioether (sulfide) groups is 1. The summed E-state index contributed by atoms with van der Waals surface area (Å²) in [5.74, 6) is -0.867. The van der Waals surface area contributed by atoms with Crippen LogP contribution < -0.4 is 5.32 Å². The van der Waals surface area contributed by atoms with E-state index in [1.54, 1.807) is 18.2 Å². The number of hydrogen-bond acceptors (Lipinski definition) is 3. The summed E-state index contributed by atoms with van der Waals surface area (Å²) in [6, 6.07) is 4.01. The normalized spacial score (nSPS) is 12.3. The van der Waals surface area contributed by atoms with Crippen LogP contribution in [-0.4, -0.2) is 35.0 Å². The fourth-order valence-corrected chi connectivity index (χ4v) is 2.46. The van der Waals surface area contributed by atoms with Crippen molar-refractivity contribution in [2.24, 2.45) is 0 Å². The topological polar surface area (TPSA) is 66.4 Å². The summed E-state index contributed by atoms with van der Waals surface area (Å²) in [6.07, 6.45) is 5.02. The van der Waals surface area contributed by atoms with Crippen molar-refractivity contribution < 1.29 is 14.7 Å². The molecule has 2 N–H and O–H groups in total. The minimum Gasteiger partial charge on any atom is -0.480 e. The van der Waals surface area contributed by atoms with E-state index in [4.69, 9.17) is 28.3 Å². The lowest BCUT2D eigenvalue weighted by atomic mass is 10.2. The molecule has 1 aromatic carbocycles. The Bertz CT molecular complexity index is 549. The minimum atomic E-state index is -1.05. The lowest BCUT2D eigenvalue weighted by Gasteiger charge is -2.12. The summed E-state index contributed by atoms with van der Waals surface area (Å²) >= 11 is 13.3. The zero-order chi connectivity index (χ0) is 15.8. The molecule has 21 heavy (non-hydrogen) atoms. The molecule has 7 heteroatoms. The van der Waals surface area contributed by atoms with Crippen molar-refractivity contribution in [3.05, 3.63) is 39.9 Å². The summed E-state index contributed by atoms with van der Waals surface area (Å²) in [6.45, 7) is 0. The highest BCUT2D eigenvalue weighted by atomic mass is 35.5. The Labute approximate surface area is 137 Å². The fraction of sp³-hybridized carbons (Fsp3) is 0.286. The number of carboxylic acid groups (broad SMARTS) is 1. The molecule has 0 aliphatic rings. The molecule has 1 rings (SSSR count). The quantitative estimate of drug-likeness (QED) is 0.742. The number of carbonyl (C=O) groups is 2. The van der Waals surface area contributed by atoms with Crippen LogP contribution in [0.2, 0.25) is 10.0 Å². The highest BCUT2D eigenvalue weighted by Crippen LogP contribution is 2.21. The van der Waals surface area contributed by atoms with E-state index in [9.17, 15) is 9.59 Å². The molecule has 0 saturated heterocycles. The van der Waals surface area contributed by atoms with Crippen molar-refractivity contribution in [1.82, 2.24) is 5.32 Å². The third kappa shape index (κ3) is 6.42. The molecule has 0 aliphatic carbocycles. The second-order valence-electron chi connectivity index (χ2n) is 4.18. The number of amides is 1. The van der Waals surface area contributed by atoms with Crippen molar-refractivity contribution in [2.75, 3.05) is 12.0 Å². The molecule has 1 atom stereocenters. The van der Waals surface area contributed by atoms with Gasteiger partial charge in [-0.15, -0.1) is 0 Å². The van der Waals surface area contributed by atoms with Gasteiger partial charge < -0.3 is 10.4 Å². The second kappa shape index (κ2) is 8.97. The summed E-state index contributed by atoms with van der Waals surface area (Å²) in [7, 11) is 0. The van der Waals surface area contributed by atoms with Crippen LogP contribution in [0.25, 0.3) is 6.08 Å². The predicted octanol–water partition coefficient (Wildman–Crippen LogP) is 3.33. The van der Waals surface area contributed by atoms with E-state index in [2.05, 4.69) is 5.32 Å². The number of carbonyl (C=O) groups excluding carboxylic acids is 1. The van der Waals surface area contributed by atoms with Gasteiger partial charge in [0.15, 0.2) is 0 Å². The number of carboxylic acids is 1. The van der Waals surface area contributed by atoms with Crippen molar-refractivity contribution in [3.8, 4) is 0 Å². The van der Waals surface area contributed by atoms with E-state index < -0.39 is 17.9 Å². The number of benzene rings is 1. The Balaban J connectivity index is 2.66. The van der Waals surface area contributed by atoms with Gasteiger partial charge in [-0.3, -0.25) is 4.79 Å². The number of aliphatic carboxylic acids is 1. The first kappa shape index (κ1) is 17.9. The van der Waals surface area contributed by atoms with Gasteiger partial charge in [-0.2, -0.15) is 11.8 Å². The lowest BCUT2D eigenvalue weighted by Crippen LogP contribution is -2.40. The Kier molecular flexibility index (Phi) is 7.64. The molecule has 0 aromatic heterocycles. The maximum Gasteiger partial charge on any atom is 0.326 e. The second-order valence-corrected chi connectivity index (χ2v) is 6.01. The zero-order valence-electron chi connectivity index (χ0n) is 11.3. The third-order valence-corrected chi connectivity index (χ3v) is 3.81. The Morgan fingerprint density at radius 1 is 1.43 bits per heavy atom. The molecule has 1 unspecified atom stereocenters. The first-order valence-corrected chi connectivity index (χ1v) is 8.24. The van der Waals surface area contributed by atoms with E-state index in [1.165, 1.54) is 23.9 Å². The fourth-order valence-electron chi connectivity index (χ4n) is 1.52. The van der Waals surface area contributed by atoms with Gasteiger partial charge in [-0.25, -0.2) is 4.79 Å². The number of rotatable bonds is 7. The molecule has 0 fully saturated rings. The monoisotopic (exact) mass is 347 g/mol. The number of halogens is 2. The van der Waals surface area contributed by atoms with Crippen LogP contribution in [0, 0.1) is 0 Å². The van der Waals surface area contributed by atoms with Crippen LogP contribution in [-0.2, 0) is 9.59 Å². The van der Waals surface area contributed by atoms with E-state index >= 15 is 0 Å². The van der Waals surface area contributed by atoms with Gasteiger partial charge in [0.05, 0.1) is 0 Å². The summed E-state index contributed by atoms with van der Waals surface area (Å²) < 4.78 is 0. The van der Waals surface area contributed by atoms with Gasteiger partial charge >= 0.3 is 5.97 Å². The van der Waals surface area contributed by atoms with Gasteiger partial charge in [0.2, 0.25) is 5.91 Å². The molecule has 114 valence electrons. The van der Waals surface area contributed by atoms with Gasteiger partial charge in [0, 0.05) is 16.1 Å². The standard InChI is InChI=1S/C14H15Cl2NO3S/c1-21-7-6-12(14(19)20)17-13(18)5-3-9-2-4-10(15)8-11(9)16/h2-5,8,12H,6-7H2,1H3,(H,17,18)(H,19,20)/b5-3+. The zero-order valence-corrected chi connectivity index (χ0v) is 13.6. The van der Waals surface area contributed by atoms with Crippen LogP contribution in [0.4, 0.5) is 0 Å². The average molecular weight is 348 g/mol. The Hall–Kier alpha value is -1.17. The highest BCUT2D eigenvalue weighted by Gasteiger charge is 2.17. The van der Waals surface area contributed by atoms with Gasteiger partial charge in [-0.1, -0.05) is 29.3 Å². The van der Waals surface area contributed by atoms with Crippen molar-refractivity contribution >= 4 is 52.9 Å². The Morgan fingerprint density at radius 2 is 2.14 bits per heavy atom. The van der Waals surface area contributed by atoms with Gasteiger partial charge in [0.1, 0.15) is 6.04 Å². The molecular weight excluding hydrogens is 333 g/mol. The molecule has 0 saturated carbocycles. The number of nitrogens with one attached hydrogen (secondary N) is 1. The summed E-state index contributed by atoms with van der Waals surface area (Å²) in [5, 5.41) is 12.4. The van der Waals surface area contributed by atoms with Gasteiger partial charge in [0.25, 0.3) is 0 Å². The van der Waals surface area contributed by atoms with Crippen LogP contribution in [0.1, 0.15) is 12.0 Å². The van der Waals surface area contributed by atoms with Crippen molar-refractivity contribution in [3.63, 3.8) is 0 Å². The molecule has 0 aliphatic heterocycles. The molecule has 1 amide bonds. The smallest absolute Gasteiger partial charge is 0.326 e. The molecule has 1 aromatic rings. The van der Waals surface area contributed by atoms with Crippen LogP contribution >= 0.6 is 35.0 Å². The molecule has 0 radical (unpaired) electrons. The van der Waals surface area contributed by atoms with Crippen molar-refractivity contribution in [2.45, 2.75) is 12.5 Å². The number of hydrogen-bond donors (Lipinski definition) is 2. The van der Waals surface area contributed by atoms with E-state index in [0.29, 0.717) is 27.8 Å². The molecular formula is C14H15Cl2NO3S. The van der Waals surface area contributed by atoms with E-state index in [-0.39, 0.29) is 0 Å². The third-order valence-electron chi connectivity index (χ3n) is 2.60. The van der Waals surface area contributed by atoms with E-state index in [0.717, 1.165) is 0 Å². The first-order chi connectivity index (χ1) is 9.93. The summed E-state index contributed by atoms with van der Waals surface area (Å²) in [4.78, 5) is 22.8. The van der Waals surface area contributed by atoms with E-state index in [1.807, 2.05) is 6.26 Å². The Morgan fingerprint density at radius 3 is 2.71 bits per heavy atom. The first-order valence-electron chi connectivity index (χ1n) is 6.09. The largest absolute Gasteiger partial charge is 0.480 e. The highest BCUT2D eigenvalue weighted by molar-refractivity contribution is 7.98. The maximum atomic E-state index is 11.7. The maximum absolute atomic E-state index is 11.7. The molecule has 0 heterocycles. The average Bonchev–Trinajstić information content (AvgIpc) is 2.42. The van der Waals surface area contributed by atoms with Crippen LogP contribution in [0.3, 0.4) is 0 Å². The summed E-state index contributed by atoms with van der Waals surface area (Å²) in [5.41, 5.74) is 0.632. The van der Waals surface area contributed by atoms with Gasteiger partial charge in [-0.05, 0) is 42.2 Å². The molecule has 0 spiro atoms. The SMILES string of the molecule is CSCCC(NC(=O)/C=C/c1ccc(Cl)cc1Cl)C(=O)O. The predicted molar refractivity (Wildman–Crippen MR) is 88.1 cm³/mol.